The van der Waals surface area contributed by atoms with E-state index >= 15 is 0 Å². The van der Waals surface area contributed by atoms with Crippen LogP contribution in [0.2, 0.25) is 0 Å². The lowest BCUT2D eigenvalue weighted by molar-refractivity contribution is 0.0430. The van der Waals surface area contributed by atoms with Crippen LogP contribution in [0.15, 0.2) is 41.2 Å². The quantitative estimate of drug-likeness (QED) is 0.590. The van der Waals surface area contributed by atoms with Crippen molar-refractivity contribution in [3.8, 4) is 23.8 Å². The first-order valence-electron chi connectivity index (χ1n) is 11.1. The van der Waals surface area contributed by atoms with Crippen molar-refractivity contribution < 1.29 is 13.5 Å². The van der Waals surface area contributed by atoms with Crippen molar-refractivity contribution in [1.82, 2.24) is 9.55 Å². The summed E-state index contributed by atoms with van der Waals surface area (Å²) in [5.41, 5.74) is 8.11. The van der Waals surface area contributed by atoms with Gasteiger partial charge in [0.2, 0.25) is 0 Å². The van der Waals surface area contributed by atoms with E-state index < -0.39 is 17.2 Å². The number of hydrogen-bond donors (Lipinski definition) is 1. The van der Waals surface area contributed by atoms with Gasteiger partial charge in [0.15, 0.2) is 11.6 Å². The molecule has 6 nitrogen and oxygen atoms in total. The van der Waals surface area contributed by atoms with Gasteiger partial charge in [-0.1, -0.05) is 12.0 Å². The minimum absolute atomic E-state index is 0.232. The van der Waals surface area contributed by atoms with Crippen molar-refractivity contribution in [3.05, 3.63) is 80.9 Å². The topological polar surface area (TPSA) is 73.4 Å². The number of fused-ring (bicyclic) bond motifs is 1. The third kappa shape index (κ3) is 3.35. The SMILES string of the molecule is C#Cc1ccc2c(c1)OC1(CCN(c3nc(C)n(-c4ccc(F)c(F)c4)c(=O)c3C)CC1)[C@@H]2N. The van der Waals surface area contributed by atoms with Crippen LogP contribution in [0, 0.1) is 37.8 Å². The highest BCUT2D eigenvalue weighted by Gasteiger charge is 2.48. The second kappa shape index (κ2) is 7.96. The van der Waals surface area contributed by atoms with Gasteiger partial charge >= 0.3 is 0 Å². The van der Waals surface area contributed by atoms with E-state index in [2.05, 4.69) is 15.8 Å². The third-order valence-corrected chi connectivity index (χ3v) is 6.92. The largest absolute Gasteiger partial charge is 0.485 e. The molecule has 2 N–H and O–H groups in total. The van der Waals surface area contributed by atoms with Gasteiger partial charge in [0.25, 0.3) is 5.56 Å². The number of nitrogens with zero attached hydrogens (tertiary/aromatic N) is 3. The molecular weight excluding hydrogens is 438 g/mol. The number of hydrogen-bond acceptors (Lipinski definition) is 5. The Balaban J connectivity index is 1.41. The highest BCUT2D eigenvalue weighted by atomic mass is 19.2. The maximum absolute atomic E-state index is 13.8. The number of terminal acetylenes is 1. The van der Waals surface area contributed by atoms with Crippen molar-refractivity contribution in [2.24, 2.45) is 5.73 Å². The Morgan fingerprint density at radius 2 is 1.88 bits per heavy atom. The Labute approximate surface area is 196 Å². The van der Waals surface area contributed by atoms with Crippen molar-refractivity contribution in [2.45, 2.75) is 38.3 Å². The Morgan fingerprint density at radius 3 is 2.56 bits per heavy atom. The molecule has 34 heavy (non-hydrogen) atoms. The average Bonchev–Trinajstić information content (AvgIpc) is 3.09. The second-order valence-corrected chi connectivity index (χ2v) is 8.88. The zero-order chi connectivity index (χ0) is 24.2. The van der Waals surface area contributed by atoms with Gasteiger partial charge in [0.1, 0.15) is 23.0 Å². The molecule has 1 atom stereocenters. The zero-order valence-electron chi connectivity index (χ0n) is 18.9. The van der Waals surface area contributed by atoms with Crippen molar-refractivity contribution in [2.75, 3.05) is 18.0 Å². The number of piperidine rings is 1. The molecule has 0 radical (unpaired) electrons. The number of aryl methyl sites for hydroxylation is 1. The molecule has 3 heterocycles. The van der Waals surface area contributed by atoms with Gasteiger partial charge in [-0.2, -0.15) is 0 Å². The van der Waals surface area contributed by atoms with Gasteiger partial charge in [0, 0.05) is 43.1 Å². The molecule has 5 rings (SSSR count). The predicted octanol–water partition coefficient (Wildman–Crippen LogP) is 3.54. The van der Waals surface area contributed by atoms with E-state index in [1.54, 1.807) is 13.8 Å². The third-order valence-electron chi connectivity index (χ3n) is 6.92. The van der Waals surface area contributed by atoms with E-state index in [0.29, 0.717) is 43.1 Å². The lowest BCUT2D eigenvalue weighted by atomic mass is 9.83. The Bertz CT molecular complexity index is 1400. The van der Waals surface area contributed by atoms with Gasteiger partial charge in [-0.05, 0) is 38.1 Å². The molecule has 3 aromatic rings. The smallest absolute Gasteiger partial charge is 0.263 e. The minimum Gasteiger partial charge on any atom is -0.485 e. The van der Waals surface area contributed by atoms with Crippen LogP contribution in [-0.2, 0) is 0 Å². The fourth-order valence-electron chi connectivity index (χ4n) is 4.98. The summed E-state index contributed by atoms with van der Waals surface area (Å²) < 4.78 is 34.8. The summed E-state index contributed by atoms with van der Waals surface area (Å²) in [5, 5.41) is 0. The summed E-state index contributed by atoms with van der Waals surface area (Å²) in [6, 6.07) is 8.74. The summed E-state index contributed by atoms with van der Waals surface area (Å²) in [6.07, 6.45) is 6.83. The lowest BCUT2D eigenvalue weighted by Crippen LogP contribution is -2.52. The average molecular weight is 463 g/mol. The molecule has 2 aliphatic rings. The summed E-state index contributed by atoms with van der Waals surface area (Å²) >= 11 is 0. The van der Waals surface area contributed by atoms with Crippen LogP contribution in [0.5, 0.6) is 5.75 Å². The number of ether oxygens (including phenoxy) is 1. The molecule has 174 valence electrons. The van der Waals surface area contributed by atoms with E-state index in [-0.39, 0.29) is 17.3 Å². The maximum Gasteiger partial charge on any atom is 0.263 e. The highest BCUT2D eigenvalue weighted by molar-refractivity contribution is 5.51. The molecule has 0 aliphatic carbocycles. The van der Waals surface area contributed by atoms with Gasteiger partial charge in [-0.3, -0.25) is 9.36 Å². The fourth-order valence-corrected chi connectivity index (χ4v) is 4.98. The summed E-state index contributed by atoms with van der Waals surface area (Å²) in [7, 11) is 0. The molecule has 1 aromatic heterocycles. The van der Waals surface area contributed by atoms with Gasteiger partial charge in [-0.25, -0.2) is 13.8 Å². The molecule has 0 saturated carbocycles. The Hall–Kier alpha value is -3.70. The van der Waals surface area contributed by atoms with Gasteiger partial charge in [-0.15, -0.1) is 6.42 Å². The summed E-state index contributed by atoms with van der Waals surface area (Å²) in [4.78, 5) is 19.9. The van der Waals surface area contributed by atoms with E-state index in [1.807, 2.05) is 18.2 Å². The normalized spacial score (nSPS) is 18.5. The van der Waals surface area contributed by atoms with Crippen LogP contribution < -0.4 is 20.9 Å². The van der Waals surface area contributed by atoms with E-state index in [4.69, 9.17) is 16.9 Å². The first-order chi connectivity index (χ1) is 16.2. The van der Waals surface area contributed by atoms with Crippen LogP contribution in [0.3, 0.4) is 0 Å². The molecule has 0 amide bonds. The van der Waals surface area contributed by atoms with E-state index in [0.717, 1.165) is 29.0 Å². The molecule has 1 fully saturated rings. The minimum atomic E-state index is -1.02. The van der Waals surface area contributed by atoms with Crippen molar-refractivity contribution in [1.29, 1.82) is 0 Å². The van der Waals surface area contributed by atoms with Crippen LogP contribution in [0.1, 0.15) is 41.4 Å². The standard InChI is InChI=1S/C26H24F2N4O2/c1-4-17-5-7-19-22(13-17)34-26(23(19)29)9-11-31(12-10-26)24-15(2)25(33)32(16(3)30-24)18-6-8-20(27)21(28)14-18/h1,5-8,13-14,23H,9-12,29H2,2-3H3/t23-/m1/s1. The van der Waals surface area contributed by atoms with Crippen LogP contribution in [-0.4, -0.2) is 28.2 Å². The number of halogens is 2. The number of anilines is 1. The monoisotopic (exact) mass is 462 g/mol. The highest BCUT2D eigenvalue weighted by Crippen LogP contribution is 2.47. The number of aromatic nitrogens is 2. The van der Waals surface area contributed by atoms with Gasteiger partial charge in [0.05, 0.1) is 17.3 Å². The number of nitrogens with two attached hydrogens (primary N) is 1. The molecule has 0 unspecified atom stereocenters. The predicted molar refractivity (Wildman–Crippen MR) is 125 cm³/mol. The molecule has 2 aromatic carbocycles. The van der Waals surface area contributed by atoms with Crippen LogP contribution in [0.25, 0.3) is 5.69 Å². The van der Waals surface area contributed by atoms with Crippen molar-refractivity contribution >= 4 is 5.82 Å². The Kier molecular flexibility index (Phi) is 5.18. The summed E-state index contributed by atoms with van der Waals surface area (Å²) in [5.74, 6) is 2.33. The maximum atomic E-state index is 13.8. The molecular formula is C26H24F2N4O2. The van der Waals surface area contributed by atoms with E-state index in [9.17, 15) is 13.6 Å². The van der Waals surface area contributed by atoms with Crippen LogP contribution >= 0.6 is 0 Å². The molecule has 1 saturated heterocycles. The molecule has 8 heteroatoms. The van der Waals surface area contributed by atoms with Crippen LogP contribution in [0.4, 0.5) is 14.6 Å². The fraction of sp³-hybridized carbons (Fsp3) is 0.308. The zero-order valence-corrected chi connectivity index (χ0v) is 18.9. The summed E-state index contributed by atoms with van der Waals surface area (Å²) in [6.45, 7) is 4.57. The Morgan fingerprint density at radius 1 is 1.15 bits per heavy atom. The first kappa shape index (κ1) is 22.1. The van der Waals surface area contributed by atoms with Gasteiger partial charge < -0.3 is 15.4 Å². The lowest BCUT2D eigenvalue weighted by Gasteiger charge is -2.41. The number of benzene rings is 2. The second-order valence-electron chi connectivity index (χ2n) is 8.88. The van der Waals surface area contributed by atoms with Crippen molar-refractivity contribution in [3.63, 3.8) is 0 Å². The first-order valence-corrected chi connectivity index (χ1v) is 11.1. The molecule has 0 bridgehead atoms. The molecule has 1 spiro atoms. The molecule has 2 aliphatic heterocycles. The number of rotatable bonds is 2. The van der Waals surface area contributed by atoms with E-state index in [1.165, 1.54) is 10.6 Å².